The van der Waals surface area contributed by atoms with Crippen LogP contribution in [0.5, 0.6) is 0 Å². The second-order valence-corrected chi connectivity index (χ2v) is 9.29. The van der Waals surface area contributed by atoms with Gasteiger partial charge in [-0.05, 0) is 67.2 Å². The Kier molecular flexibility index (Phi) is 6.71. The number of nitrogens with zero attached hydrogens (tertiary/aromatic N) is 3. The standard InChI is InChI=1S/C28H27F2N5O2/c1-17-23(28(37)35-16-32-25(26(31)36)27(35)33-17)12-15-34-13-10-20(11-14-34)24(18-2-6-21(29)7-3-18)19-4-8-22(30)9-5-19/h2-9,16,33H,10-15H2,1H3,(H2,31,36). The Balaban J connectivity index is 1.34. The van der Waals surface area contributed by atoms with Gasteiger partial charge in [-0.2, -0.15) is 0 Å². The number of aromatic amines is 1. The molecule has 190 valence electrons. The molecule has 9 heteroatoms. The third kappa shape index (κ3) is 4.95. The van der Waals surface area contributed by atoms with Crippen LogP contribution in [-0.2, 0) is 6.42 Å². The SMILES string of the molecule is Cc1[nH]c2c(C(N)=O)ncn2c(=O)c1CCN1CCC(=C(c2ccc(F)cc2)c2ccc(F)cc2)CC1. The minimum Gasteiger partial charge on any atom is -0.364 e. The number of nitrogens with two attached hydrogens (primary N) is 1. The minimum absolute atomic E-state index is 0.0419. The van der Waals surface area contributed by atoms with Gasteiger partial charge < -0.3 is 15.6 Å². The number of primary amides is 1. The molecule has 0 saturated carbocycles. The van der Waals surface area contributed by atoms with Crippen molar-refractivity contribution < 1.29 is 13.6 Å². The summed E-state index contributed by atoms with van der Waals surface area (Å²) in [6, 6.07) is 12.8. The number of amides is 1. The van der Waals surface area contributed by atoms with Gasteiger partial charge in [0, 0.05) is 30.9 Å². The van der Waals surface area contributed by atoms with Gasteiger partial charge in [0.2, 0.25) is 0 Å². The highest BCUT2D eigenvalue weighted by Crippen LogP contribution is 2.32. The summed E-state index contributed by atoms with van der Waals surface area (Å²) in [5.41, 5.74) is 10.9. The van der Waals surface area contributed by atoms with Crippen molar-refractivity contribution in [2.24, 2.45) is 5.73 Å². The van der Waals surface area contributed by atoms with E-state index < -0.39 is 5.91 Å². The van der Waals surface area contributed by atoms with Crippen molar-refractivity contribution in [1.82, 2.24) is 19.3 Å². The summed E-state index contributed by atoms with van der Waals surface area (Å²) in [6.45, 7) is 4.11. The number of aryl methyl sites for hydroxylation is 1. The second-order valence-electron chi connectivity index (χ2n) is 9.29. The van der Waals surface area contributed by atoms with Crippen LogP contribution in [0.25, 0.3) is 11.2 Å². The van der Waals surface area contributed by atoms with Crippen LogP contribution in [-0.4, -0.2) is 44.8 Å². The molecular weight excluding hydrogens is 476 g/mol. The lowest BCUT2D eigenvalue weighted by molar-refractivity contribution is 0.0997. The van der Waals surface area contributed by atoms with Gasteiger partial charge in [0.25, 0.3) is 11.5 Å². The molecule has 1 aliphatic rings. The second kappa shape index (κ2) is 10.1. The first-order chi connectivity index (χ1) is 17.8. The van der Waals surface area contributed by atoms with Crippen LogP contribution >= 0.6 is 0 Å². The third-order valence-electron chi connectivity index (χ3n) is 6.99. The van der Waals surface area contributed by atoms with Crippen molar-refractivity contribution in [3.63, 3.8) is 0 Å². The summed E-state index contributed by atoms with van der Waals surface area (Å²) in [5.74, 6) is -1.29. The number of imidazole rings is 1. The minimum atomic E-state index is -0.692. The van der Waals surface area contributed by atoms with Crippen molar-refractivity contribution >= 4 is 17.1 Å². The van der Waals surface area contributed by atoms with Gasteiger partial charge in [-0.25, -0.2) is 13.8 Å². The van der Waals surface area contributed by atoms with E-state index in [-0.39, 0.29) is 22.9 Å². The fourth-order valence-corrected chi connectivity index (χ4v) is 5.03. The summed E-state index contributed by atoms with van der Waals surface area (Å²) in [5, 5.41) is 0. The van der Waals surface area contributed by atoms with Crippen LogP contribution in [0.1, 0.15) is 45.7 Å². The van der Waals surface area contributed by atoms with Crippen molar-refractivity contribution in [1.29, 1.82) is 0 Å². The summed E-state index contributed by atoms with van der Waals surface area (Å²) < 4.78 is 28.5. The largest absolute Gasteiger partial charge is 0.364 e. The summed E-state index contributed by atoms with van der Waals surface area (Å²) >= 11 is 0. The molecule has 0 unspecified atom stereocenters. The molecule has 1 fully saturated rings. The fourth-order valence-electron chi connectivity index (χ4n) is 5.03. The van der Waals surface area contributed by atoms with E-state index in [1.165, 1.54) is 40.6 Å². The lowest BCUT2D eigenvalue weighted by Crippen LogP contribution is -2.34. The van der Waals surface area contributed by atoms with Crippen LogP contribution in [0, 0.1) is 18.6 Å². The molecular formula is C28H27F2N5O2. The molecule has 3 N–H and O–H groups in total. The van der Waals surface area contributed by atoms with E-state index in [1.54, 1.807) is 24.3 Å². The average molecular weight is 504 g/mol. The Morgan fingerprint density at radius 3 is 2.11 bits per heavy atom. The highest BCUT2D eigenvalue weighted by atomic mass is 19.1. The Bertz CT molecular complexity index is 1500. The first-order valence-corrected chi connectivity index (χ1v) is 12.2. The predicted octanol–water partition coefficient (Wildman–Crippen LogP) is 3.85. The number of likely N-dealkylation sites (tertiary alicyclic amines) is 1. The highest BCUT2D eigenvalue weighted by molar-refractivity contribution is 5.96. The highest BCUT2D eigenvalue weighted by Gasteiger charge is 2.21. The zero-order chi connectivity index (χ0) is 26.1. The summed E-state index contributed by atoms with van der Waals surface area (Å²) in [4.78, 5) is 34.0. The lowest BCUT2D eigenvalue weighted by atomic mass is 9.88. The number of H-pyrrole nitrogens is 1. The van der Waals surface area contributed by atoms with Crippen LogP contribution in [0.15, 0.2) is 65.2 Å². The number of hydrogen-bond acceptors (Lipinski definition) is 4. The van der Waals surface area contributed by atoms with Gasteiger partial charge in [-0.15, -0.1) is 0 Å². The third-order valence-corrected chi connectivity index (χ3v) is 6.99. The molecule has 2 aromatic carbocycles. The van der Waals surface area contributed by atoms with Gasteiger partial charge in [0.15, 0.2) is 11.3 Å². The van der Waals surface area contributed by atoms with Crippen molar-refractivity contribution in [2.75, 3.05) is 19.6 Å². The van der Waals surface area contributed by atoms with Crippen molar-refractivity contribution in [3.05, 3.63) is 110 Å². The maximum Gasteiger partial charge on any atom is 0.271 e. The molecule has 0 spiro atoms. The summed E-state index contributed by atoms with van der Waals surface area (Å²) in [7, 11) is 0. The monoisotopic (exact) mass is 503 g/mol. The quantitative estimate of drug-likeness (QED) is 0.418. The van der Waals surface area contributed by atoms with Crippen LogP contribution in [0.2, 0.25) is 0 Å². The number of carbonyl (C=O) groups is 1. The molecule has 0 atom stereocenters. The van der Waals surface area contributed by atoms with Gasteiger partial charge in [0.05, 0.1) is 0 Å². The topological polar surface area (TPSA) is 96.5 Å². The molecule has 7 nitrogen and oxygen atoms in total. The molecule has 4 aromatic rings. The van der Waals surface area contributed by atoms with E-state index in [4.69, 9.17) is 5.73 Å². The number of nitrogens with one attached hydrogen (secondary N) is 1. The Labute approximate surface area is 212 Å². The van der Waals surface area contributed by atoms with Gasteiger partial charge in [0.1, 0.15) is 18.0 Å². The molecule has 37 heavy (non-hydrogen) atoms. The fraction of sp³-hybridized carbons (Fsp3) is 0.250. The van der Waals surface area contributed by atoms with E-state index in [0.29, 0.717) is 29.9 Å². The van der Waals surface area contributed by atoms with Crippen molar-refractivity contribution in [3.8, 4) is 0 Å². The van der Waals surface area contributed by atoms with E-state index in [2.05, 4.69) is 14.9 Å². The molecule has 2 aromatic heterocycles. The average Bonchev–Trinajstić information content (AvgIpc) is 3.31. The van der Waals surface area contributed by atoms with E-state index in [0.717, 1.165) is 42.6 Å². The maximum atomic E-state index is 13.6. The number of halogens is 2. The molecule has 3 heterocycles. The van der Waals surface area contributed by atoms with Crippen LogP contribution in [0.4, 0.5) is 8.78 Å². The Morgan fingerprint density at radius 1 is 1.00 bits per heavy atom. The first-order valence-electron chi connectivity index (χ1n) is 12.2. The van der Waals surface area contributed by atoms with E-state index in [9.17, 15) is 18.4 Å². The Morgan fingerprint density at radius 2 is 1.57 bits per heavy atom. The van der Waals surface area contributed by atoms with Crippen LogP contribution < -0.4 is 11.3 Å². The molecule has 5 rings (SSSR count). The van der Waals surface area contributed by atoms with Gasteiger partial charge >= 0.3 is 0 Å². The lowest BCUT2D eigenvalue weighted by Gasteiger charge is -2.30. The zero-order valence-electron chi connectivity index (χ0n) is 20.4. The molecule has 0 aliphatic carbocycles. The number of benzene rings is 2. The number of rotatable bonds is 6. The Hall–Kier alpha value is -4.11. The van der Waals surface area contributed by atoms with Gasteiger partial charge in [-0.1, -0.05) is 29.8 Å². The predicted molar refractivity (Wildman–Crippen MR) is 137 cm³/mol. The molecule has 0 radical (unpaired) electrons. The number of fused-ring (bicyclic) bond motifs is 1. The van der Waals surface area contributed by atoms with E-state index >= 15 is 0 Å². The zero-order valence-corrected chi connectivity index (χ0v) is 20.4. The number of hydrogen-bond donors (Lipinski definition) is 2. The van der Waals surface area contributed by atoms with E-state index in [1.807, 2.05) is 6.92 Å². The molecule has 1 amide bonds. The first kappa shape index (κ1) is 24.6. The number of piperidine rings is 1. The number of carbonyl (C=O) groups excluding carboxylic acids is 1. The molecule has 0 bridgehead atoms. The van der Waals surface area contributed by atoms with Gasteiger partial charge in [-0.3, -0.25) is 14.0 Å². The van der Waals surface area contributed by atoms with Crippen molar-refractivity contribution in [2.45, 2.75) is 26.2 Å². The smallest absolute Gasteiger partial charge is 0.271 e. The summed E-state index contributed by atoms with van der Waals surface area (Å²) in [6.07, 6.45) is 3.48. The molecule has 1 saturated heterocycles. The van der Waals surface area contributed by atoms with Crippen LogP contribution in [0.3, 0.4) is 0 Å². The molecule has 1 aliphatic heterocycles. The maximum absolute atomic E-state index is 13.6. The normalized spacial score (nSPS) is 14.3. The number of aromatic nitrogens is 3.